The van der Waals surface area contributed by atoms with Crippen molar-refractivity contribution in [1.82, 2.24) is 5.32 Å². The molecule has 21 heavy (non-hydrogen) atoms. The van der Waals surface area contributed by atoms with Crippen LogP contribution < -0.4 is 10.1 Å². The molecule has 0 spiro atoms. The lowest BCUT2D eigenvalue weighted by Crippen LogP contribution is -2.21. The number of rotatable bonds is 6. The van der Waals surface area contributed by atoms with Crippen LogP contribution in [0, 0.1) is 20.8 Å². The van der Waals surface area contributed by atoms with Gasteiger partial charge in [-0.3, -0.25) is 0 Å². The van der Waals surface area contributed by atoms with E-state index in [1.165, 1.54) is 26.4 Å². The fraction of sp³-hybridized carbons (Fsp3) is 0.444. The largest absolute Gasteiger partial charge is 0.488 e. The lowest BCUT2D eigenvalue weighted by molar-refractivity contribution is 0.307. The second-order valence-electron chi connectivity index (χ2n) is 5.90. The smallest absolute Gasteiger partial charge is 0.123 e. The summed E-state index contributed by atoms with van der Waals surface area (Å²) < 4.78 is 6.01. The number of aryl methyl sites for hydroxylation is 2. The first-order chi connectivity index (χ1) is 9.95. The van der Waals surface area contributed by atoms with Gasteiger partial charge in [0, 0.05) is 22.3 Å². The average molecular weight is 303 g/mol. The molecule has 2 nitrogen and oxygen atoms in total. The van der Waals surface area contributed by atoms with Gasteiger partial charge in [0.1, 0.15) is 12.4 Å². The first-order valence-corrected chi connectivity index (χ1v) is 8.29. The van der Waals surface area contributed by atoms with E-state index >= 15 is 0 Å². The van der Waals surface area contributed by atoms with Gasteiger partial charge in [-0.05, 0) is 55.7 Å². The van der Waals surface area contributed by atoms with Gasteiger partial charge in [0.2, 0.25) is 0 Å². The Balaban J connectivity index is 1.97. The highest BCUT2D eigenvalue weighted by molar-refractivity contribution is 7.11. The van der Waals surface area contributed by atoms with Gasteiger partial charge in [0.15, 0.2) is 0 Å². The number of hydrogen-bond donors (Lipinski definition) is 1. The summed E-state index contributed by atoms with van der Waals surface area (Å²) in [5.74, 6) is 1.00. The molecule has 1 heterocycles. The summed E-state index contributed by atoms with van der Waals surface area (Å²) in [5.41, 5.74) is 3.78. The lowest BCUT2D eigenvalue weighted by atomic mass is 10.1. The van der Waals surface area contributed by atoms with Gasteiger partial charge >= 0.3 is 0 Å². The zero-order valence-electron chi connectivity index (χ0n) is 13.6. The predicted octanol–water partition coefficient (Wildman–Crippen LogP) is 4.75. The van der Waals surface area contributed by atoms with Gasteiger partial charge in [-0.2, -0.15) is 0 Å². The summed E-state index contributed by atoms with van der Waals surface area (Å²) in [4.78, 5) is 2.63. The van der Waals surface area contributed by atoms with Gasteiger partial charge in [-0.1, -0.05) is 19.9 Å². The van der Waals surface area contributed by atoms with E-state index in [2.05, 4.69) is 64.2 Å². The van der Waals surface area contributed by atoms with Crippen LogP contribution in [0.25, 0.3) is 0 Å². The van der Waals surface area contributed by atoms with E-state index in [1.54, 1.807) is 0 Å². The van der Waals surface area contributed by atoms with Gasteiger partial charge in [-0.25, -0.2) is 0 Å². The highest BCUT2D eigenvalue weighted by Crippen LogP contribution is 2.25. The molecule has 1 aromatic heterocycles. The molecule has 3 heteroatoms. The maximum absolute atomic E-state index is 6.01. The van der Waals surface area contributed by atoms with E-state index in [9.17, 15) is 0 Å². The normalized spacial score (nSPS) is 11.1. The predicted molar refractivity (Wildman–Crippen MR) is 91.3 cm³/mol. The third-order valence-corrected chi connectivity index (χ3v) is 4.59. The van der Waals surface area contributed by atoms with E-state index in [4.69, 9.17) is 4.74 Å². The molecule has 0 radical (unpaired) electrons. The van der Waals surface area contributed by atoms with Crippen LogP contribution in [0.15, 0.2) is 24.3 Å². The molecule has 1 aromatic carbocycles. The molecular formula is C18H25NOS. The van der Waals surface area contributed by atoms with Crippen LogP contribution in [0.2, 0.25) is 0 Å². The minimum atomic E-state index is 0.518. The molecule has 0 saturated carbocycles. The van der Waals surface area contributed by atoms with Crippen molar-refractivity contribution in [2.75, 3.05) is 0 Å². The van der Waals surface area contributed by atoms with Crippen molar-refractivity contribution in [3.63, 3.8) is 0 Å². The standard InChI is InChI=1S/C18H25NOS/c1-12(2)19-10-16-6-7-17(21-16)11-20-18-9-13(3)8-14(4)15(18)5/h6-9,12,19H,10-11H2,1-5H3. The third-order valence-electron chi connectivity index (χ3n) is 3.54. The van der Waals surface area contributed by atoms with Gasteiger partial charge in [-0.15, -0.1) is 11.3 Å². The van der Waals surface area contributed by atoms with Crippen LogP contribution in [-0.2, 0) is 13.2 Å². The molecule has 0 unspecified atom stereocenters. The van der Waals surface area contributed by atoms with Crippen LogP contribution in [0.4, 0.5) is 0 Å². The molecule has 2 aromatic rings. The minimum absolute atomic E-state index is 0.518. The molecule has 0 amide bonds. The number of ether oxygens (including phenoxy) is 1. The summed E-state index contributed by atoms with van der Waals surface area (Å²) in [5, 5.41) is 3.44. The quantitative estimate of drug-likeness (QED) is 0.831. The van der Waals surface area contributed by atoms with Crippen LogP contribution in [0.3, 0.4) is 0 Å². The Morgan fingerprint density at radius 2 is 1.81 bits per heavy atom. The number of thiophene rings is 1. The van der Waals surface area contributed by atoms with Crippen LogP contribution in [0.1, 0.15) is 40.3 Å². The molecule has 0 aliphatic rings. The molecule has 2 rings (SSSR count). The van der Waals surface area contributed by atoms with E-state index in [1.807, 2.05) is 11.3 Å². The Hall–Kier alpha value is -1.32. The summed E-state index contributed by atoms with van der Waals surface area (Å²) in [6.07, 6.45) is 0. The Labute approximate surface area is 132 Å². The second kappa shape index (κ2) is 7.10. The number of benzene rings is 1. The van der Waals surface area contributed by atoms with Crippen molar-refractivity contribution >= 4 is 11.3 Å². The van der Waals surface area contributed by atoms with Gasteiger partial charge in [0.25, 0.3) is 0 Å². The fourth-order valence-electron chi connectivity index (χ4n) is 2.20. The highest BCUT2D eigenvalue weighted by atomic mass is 32.1. The molecule has 114 valence electrons. The van der Waals surface area contributed by atoms with Crippen molar-refractivity contribution in [3.05, 3.63) is 50.7 Å². The summed E-state index contributed by atoms with van der Waals surface area (Å²) in [6, 6.07) is 9.19. The number of hydrogen-bond acceptors (Lipinski definition) is 3. The van der Waals surface area contributed by atoms with Crippen LogP contribution in [-0.4, -0.2) is 6.04 Å². The maximum atomic E-state index is 6.01. The third kappa shape index (κ3) is 4.58. The summed E-state index contributed by atoms with van der Waals surface area (Å²) in [7, 11) is 0. The Bertz CT molecular complexity index is 601. The Morgan fingerprint density at radius 1 is 1.10 bits per heavy atom. The fourth-order valence-corrected chi connectivity index (χ4v) is 3.08. The highest BCUT2D eigenvalue weighted by Gasteiger charge is 2.06. The topological polar surface area (TPSA) is 21.3 Å². The second-order valence-corrected chi connectivity index (χ2v) is 7.15. The SMILES string of the molecule is Cc1cc(C)c(C)c(OCc2ccc(CNC(C)C)s2)c1. The van der Waals surface area contributed by atoms with E-state index in [0.717, 1.165) is 12.3 Å². The van der Waals surface area contributed by atoms with Gasteiger partial charge < -0.3 is 10.1 Å². The molecule has 0 aliphatic heterocycles. The van der Waals surface area contributed by atoms with E-state index in [0.29, 0.717) is 12.6 Å². The van der Waals surface area contributed by atoms with E-state index < -0.39 is 0 Å². The van der Waals surface area contributed by atoms with Crippen molar-refractivity contribution < 1.29 is 4.74 Å². The van der Waals surface area contributed by atoms with Crippen molar-refractivity contribution in [2.45, 2.75) is 53.8 Å². The minimum Gasteiger partial charge on any atom is -0.488 e. The van der Waals surface area contributed by atoms with Crippen molar-refractivity contribution in [1.29, 1.82) is 0 Å². The molecule has 0 bridgehead atoms. The zero-order chi connectivity index (χ0) is 15.4. The molecule has 0 aliphatic carbocycles. The van der Waals surface area contributed by atoms with E-state index in [-0.39, 0.29) is 0 Å². The lowest BCUT2D eigenvalue weighted by Gasteiger charge is -2.11. The van der Waals surface area contributed by atoms with Gasteiger partial charge in [0.05, 0.1) is 0 Å². The Morgan fingerprint density at radius 3 is 2.52 bits per heavy atom. The van der Waals surface area contributed by atoms with Crippen LogP contribution in [0.5, 0.6) is 5.75 Å². The molecular weight excluding hydrogens is 278 g/mol. The molecule has 0 atom stereocenters. The molecule has 1 N–H and O–H groups in total. The average Bonchev–Trinajstić information content (AvgIpc) is 2.87. The van der Waals surface area contributed by atoms with Crippen molar-refractivity contribution in [2.24, 2.45) is 0 Å². The van der Waals surface area contributed by atoms with Crippen LogP contribution >= 0.6 is 11.3 Å². The zero-order valence-corrected chi connectivity index (χ0v) is 14.4. The van der Waals surface area contributed by atoms with Crippen molar-refractivity contribution in [3.8, 4) is 5.75 Å². The maximum Gasteiger partial charge on any atom is 0.123 e. The first kappa shape index (κ1) is 16.1. The molecule has 0 saturated heterocycles. The summed E-state index contributed by atoms with van der Waals surface area (Å²) in [6.45, 7) is 12.3. The Kier molecular flexibility index (Phi) is 5.43. The number of nitrogens with one attached hydrogen (secondary N) is 1. The monoisotopic (exact) mass is 303 g/mol. The molecule has 0 fully saturated rings. The summed E-state index contributed by atoms with van der Waals surface area (Å²) >= 11 is 1.82. The first-order valence-electron chi connectivity index (χ1n) is 7.47.